The monoisotopic (exact) mass is 444 g/mol. The zero-order chi connectivity index (χ0) is 22.3. The second kappa shape index (κ2) is 10.5. The molecule has 2 atom stereocenters. The molecule has 1 fully saturated rings. The van der Waals surface area contributed by atoms with Crippen LogP contribution in [0.2, 0.25) is 0 Å². The Hall–Kier alpha value is -2.71. The molecule has 2 aromatic carbocycles. The summed E-state index contributed by atoms with van der Waals surface area (Å²) in [6, 6.07) is 16.9. The number of esters is 1. The molecule has 3 rings (SSSR count). The van der Waals surface area contributed by atoms with Gasteiger partial charge in [0.15, 0.2) is 0 Å². The second-order valence-electron chi connectivity index (χ2n) is 7.55. The largest absolute Gasteiger partial charge is 0.459 e. The molecule has 8 heteroatoms. The van der Waals surface area contributed by atoms with Crippen LogP contribution in [0.4, 0.5) is 0 Å². The number of sulfonamides is 1. The van der Waals surface area contributed by atoms with E-state index < -0.39 is 34.0 Å². The fourth-order valence-electron chi connectivity index (χ4n) is 3.63. The summed E-state index contributed by atoms with van der Waals surface area (Å²) in [5.41, 5.74) is 1.70. The number of hydrogen-bond donors (Lipinski definition) is 1. The van der Waals surface area contributed by atoms with Gasteiger partial charge in [-0.2, -0.15) is 0 Å². The smallest absolute Gasteiger partial charge is 0.329 e. The average molecular weight is 445 g/mol. The minimum absolute atomic E-state index is 0.131. The van der Waals surface area contributed by atoms with Gasteiger partial charge in [-0.05, 0) is 37.3 Å². The standard InChI is InChI=1S/C23H28N2O5S/c1-2-31(28,29)24-20(16-18-10-5-3-6-11-18)22(26)25-15-9-14-21(25)23(27)30-17-19-12-7-4-8-13-19/h3-8,10-13,20-21,24H,2,9,14-17H2,1H3/t20-,21+/m1/s1. The summed E-state index contributed by atoms with van der Waals surface area (Å²) in [5.74, 6) is -1.000. The van der Waals surface area contributed by atoms with Crippen molar-refractivity contribution in [3.63, 3.8) is 0 Å². The number of amides is 1. The molecule has 0 saturated carbocycles. The van der Waals surface area contributed by atoms with Crippen molar-refractivity contribution in [2.75, 3.05) is 12.3 Å². The molecule has 0 radical (unpaired) electrons. The summed E-state index contributed by atoms with van der Waals surface area (Å²) >= 11 is 0. The number of benzene rings is 2. The summed E-state index contributed by atoms with van der Waals surface area (Å²) in [4.78, 5) is 27.5. The molecule has 0 spiro atoms. The van der Waals surface area contributed by atoms with E-state index in [1.807, 2.05) is 60.7 Å². The van der Waals surface area contributed by atoms with Crippen LogP contribution >= 0.6 is 0 Å². The van der Waals surface area contributed by atoms with Gasteiger partial charge in [-0.25, -0.2) is 17.9 Å². The molecule has 1 saturated heterocycles. The van der Waals surface area contributed by atoms with Gasteiger partial charge >= 0.3 is 5.97 Å². The minimum Gasteiger partial charge on any atom is -0.459 e. The molecule has 166 valence electrons. The molecule has 1 aliphatic heterocycles. The molecular weight excluding hydrogens is 416 g/mol. The fraction of sp³-hybridized carbons (Fsp3) is 0.391. The average Bonchev–Trinajstić information content (AvgIpc) is 3.28. The molecule has 1 amide bonds. The first-order chi connectivity index (χ1) is 14.9. The second-order valence-corrected chi connectivity index (χ2v) is 9.59. The number of carbonyl (C=O) groups excluding carboxylic acids is 2. The molecule has 0 bridgehead atoms. The highest BCUT2D eigenvalue weighted by molar-refractivity contribution is 7.89. The van der Waals surface area contributed by atoms with Crippen molar-refractivity contribution < 1.29 is 22.7 Å². The van der Waals surface area contributed by atoms with Crippen LogP contribution in [0.3, 0.4) is 0 Å². The number of hydrogen-bond acceptors (Lipinski definition) is 5. The van der Waals surface area contributed by atoms with E-state index in [4.69, 9.17) is 4.74 Å². The lowest BCUT2D eigenvalue weighted by Crippen LogP contribution is -2.53. The maximum Gasteiger partial charge on any atom is 0.329 e. The summed E-state index contributed by atoms with van der Waals surface area (Å²) in [6.07, 6.45) is 1.37. The van der Waals surface area contributed by atoms with Crippen molar-refractivity contribution in [3.8, 4) is 0 Å². The lowest BCUT2D eigenvalue weighted by atomic mass is 10.1. The summed E-state index contributed by atoms with van der Waals surface area (Å²) in [7, 11) is -3.61. The van der Waals surface area contributed by atoms with Gasteiger partial charge in [0, 0.05) is 6.54 Å². The Morgan fingerprint density at radius 2 is 1.68 bits per heavy atom. The van der Waals surface area contributed by atoms with Crippen LogP contribution in [0.1, 0.15) is 30.9 Å². The minimum atomic E-state index is -3.61. The number of nitrogens with one attached hydrogen (secondary N) is 1. The SMILES string of the molecule is CCS(=O)(=O)N[C@H](Cc1ccccc1)C(=O)N1CCC[C@H]1C(=O)OCc1ccccc1. The van der Waals surface area contributed by atoms with E-state index >= 15 is 0 Å². The third-order valence-corrected chi connectivity index (χ3v) is 6.72. The molecule has 1 N–H and O–H groups in total. The zero-order valence-electron chi connectivity index (χ0n) is 17.6. The zero-order valence-corrected chi connectivity index (χ0v) is 18.4. The van der Waals surface area contributed by atoms with Crippen molar-refractivity contribution in [1.82, 2.24) is 9.62 Å². The van der Waals surface area contributed by atoms with Crippen molar-refractivity contribution >= 4 is 21.9 Å². The Bertz CT molecular complexity index is 980. The first-order valence-corrected chi connectivity index (χ1v) is 12.1. The number of carbonyl (C=O) groups is 2. The number of likely N-dealkylation sites (tertiary alicyclic amines) is 1. The first kappa shape index (κ1) is 23.0. The summed E-state index contributed by atoms with van der Waals surface area (Å²) in [6.45, 7) is 2.04. The van der Waals surface area contributed by atoms with Crippen molar-refractivity contribution in [2.24, 2.45) is 0 Å². The van der Waals surface area contributed by atoms with Gasteiger partial charge in [-0.3, -0.25) is 4.79 Å². The predicted molar refractivity (Wildman–Crippen MR) is 118 cm³/mol. The highest BCUT2D eigenvalue weighted by Gasteiger charge is 2.39. The van der Waals surface area contributed by atoms with Gasteiger partial charge < -0.3 is 9.64 Å². The van der Waals surface area contributed by atoms with Crippen LogP contribution in [0, 0.1) is 0 Å². The maximum atomic E-state index is 13.3. The lowest BCUT2D eigenvalue weighted by molar-refractivity contribution is -0.155. The molecule has 0 aliphatic carbocycles. The normalized spacial score (nSPS) is 17.3. The van der Waals surface area contributed by atoms with Crippen LogP contribution in [0.5, 0.6) is 0 Å². The topological polar surface area (TPSA) is 92.8 Å². The third kappa shape index (κ3) is 6.38. The summed E-state index contributed by atoms with van der Waals surface area (Å²) in [5, 5.41) is 0. The molecule has 7 nitrogen and oxygen atoms in total. The number of nitrogens with zero attached hydrogens (tertiary/aromatic N) is 1. The molecule has 0 unspecified atom stereocenters. The van der Waals surface area contributed by atoms with Gasteiger partial charge in [-0.1, -0.05) is 60.7 Å². The predicted octanol–water partition coefficient (Wildman–Crippen LogP) is 2.27. The first-order valence-electron chi connectivity index (χ1n) is 10.4. The van der Waals surface area contributed by atoms with Crippen molar-refractivity contribution in [1.29, 1.82) is 0 Å². The van der Waals surface area contributed by atoms with E-state index in [0.717, 1.165) is 11.1 Å². The van der Waals surface area contributed by atoms with Gasteiger partial charge in [-0.15, -0.1) is 0 Å². The van der Waals surface area contributed by atoms with E-state index in [2.05, 4.69) is 4.72 Å². The Balaban J connectivity index is 1.72. The van der Waals surface area contributed by atoms with Crippen LogP contribution in [-0.2, 0) is 37.4 Å². The van der Waals surface area contributed by atoms with Gasteiger partial charge in [0.25, 0.3) is 0 Å². The Morgan fingerprint density at radius 3 is 2.29 bits per heavy atom. The highest BCUT2D eigenvalue weighted by atomic mass is 32.2. The van der Waals surface area contributed by atoms with Crippen molar-refractivity contribution in [3.05, 3.63) is 71.8 Å². The highest BCUT2D eigenvalue weighted by Crippen LogP contribution is 2.21. The fourth-order valence-corrected chi connectivity index (χ4v) is 4.41. The molecule has 0 aromatic heterocycles. The molecule has 1 aliphatic rings. The Morgan fingerprint density at radius 1 is 1.06 bits per heavy atom. The van der Waals surface area contributed by atoms with Gasteiger partial charge in [0.2, 0.25) is 15.9 Å². The third-order valence-electron chi connectivity index (χ3n) is 5.31. The van der Waals surface area contributed by atoms with Crippen LogP contribution in [-0.4, -0.2) is 49.6 Å². The van der Waals surface area contributed by atoms with E-state index in [1.54, 1.807) is 0 Å². The molecule has 1 heterocycles. The van der Waals surface area contributed by atoms with E-state index in [-0.39, 0.29) is 18.8 Å². The quantitative estimate of drug-likeness (QED) is 0.599. The lowest BCUT2D eigenvalue weighted by Gasteiger charge is -2.28. The summed E-state index contributed by atoms with van der Waals surface area (Å²) < 4.78 is 32.4. The van der Waals surface area contributed by atoms with Crippen LogP contribution < -0.4 is 4.72 Å². The van der Waals surface area contributed by atoms with Gasteiger partial charge in [0.1, 0.15) is 18.7 Å². The number of ether oxygens (including phenoxy) is 1. The number of rotatable bonds is 9. The van der Waals surface area contributed by atoms with E-state index in [1.165, 1.54) is 11.8 Å². The molecular formula is C23H28N2O5S. The maximum absolute atomic E-state index is 13.3. The van der Waals surface area contributed by atoms with E-state index in [0.29, 0.717) is 19.4 Å². The molecule has 31 heavy (non-hydrogen) atoms. The molecule has 2 aromatic rings. The van der Waals surface area contributed by atoms with Crippen molar-refractivity contribution in [2.45, 2.75) is 44.9 Å². The van der Waals surface area contributed by atoms with Crippen LogP contribution in [0.25, 0.3) is 0 Å². The van der Waals surface area contributed by atoms with Gasteiger partial charge in [0.05, 0.1) is 5.75 Å². The Labute approximate surface area is 183 Å². The Kier molecular flexibility index (Phi) is 7.81. The van der Waals surface area contributed by atoms with E-state index in [9.17, 15) is 18.0 Å². The van der Waals surface area contributed by atoms with Crippen LogP contribution in [0.15, 0.2) is 60.7 Å².